The molecular formula is C16H31IN6. The number of guanidine groups is 1. The first kappa shape index (κ1) is 20.2. The topological polar surface area (TPSA) is 67.1 Å². The summed E-state index contributed by atoms with van der Waals surface area (Å²) in [6.07, 6.45) is 6.89. The van der Waals surface area contributed by atoms with Gasteiger partial charge in [-0.25, -0.2) is 9.98 Å². The van der Waals surface area contributed by atoms with Gasteiger partial charge in [0.25, 0.3) is 0 Å². The number of nitrogens with zero attached hydrogens (tertiary/aromatic N) is 4. The molecule has 0 amide bonds. The van der Waals surface area contributed by atoms with Gasteiger partial charge >= 0.3 is 0 Å². The Morgan fingerprint density at radius 2 is 2.13 bits per heavy atom. The van der Waals surface area contributed by atoms with Gasteiger partial charge in [-0.15, -0.1) is 24.0 Å². The average molecular weight is 434 g/mol. The SMILES string of the molecule is CCNC(=NCc1ncnn1C)NCC1(CC(C)C)CCC1.I. The molecule has 0 aliphatic heterocycles. The van der Waals surface area contributed by atoms with Crippen LogP contribution in [0.1, 0.15) is 52.3 Å². The average Bonchev–Trinajstić information content (AvgIpc) is 2.83. The Labute approximate surface area is 157 Å². The molecule has 23 heavy (non-hydrogen) atoms. The number of halogens is 1. The molecule has 0 unspecified atom stereocenters. The van der Waals surface area contributed by atoms with Gasteiger partial charge < -0.3 is 10.6 Å². The molecule has 0 saturated heterocycles. The van der Waals surface area contributed by atoms with Gasteiger partial charge in [0.15, 0.2) is 5.96 Å². The van der Waals surface area contributed by atoms with E-state index in [-0.39, 0.29) is 24.0 Å². The Kier molecular flexibility index (Phi) is 8.28. The van der Waals surface area contributed by atoms with E-state index >= 15 is 0 Å². The van der Waals surface area contributed by atoms with Gasteiger partial charge in [0, 0.05) is 20.1 Å². The summed E-state index contributed by atoms with van der Waals surface area (Å²) in [5.41, 5.74) is 0.467. The summed E-state index contributed by atoms with van der Waals surface area (Å²) >= 11 is 0. The van der Waals surface area contributed by atoms with Crippen LogP contribution in [0.3, 0.4) is 0 Å². The summed E-state index contributed by atoms with van der Waals surface area (Å²) < 4.78 is 1.76. The van der Waals surface area contributed by atoms with Crippen molar-refractivity contribution < 1.29 is 0 Å². The number of aryl methyl sites for hydroxylation is 1. The van der Waals surface area contributed by atoms with E-state index in [9.17, 15) is 0 Å². The second-order valence-corrected chi connectivity index (χ2v) is 6.80. The predicted octanol–water partition coefficient (Wildman–Crippen LogP) is 2.70. The van der Waals surface area contributed by atoms with Crippen LogP contribution in [-0.2, 0) is 13.6 Å². The van der Waals surface area contributed by atoms with Crippen molar-refractivity contribution in [1.29, 1.82) is 0 Å². The predicted molar refractivity (Wildman–Crippen MR) is 105 cm³/mol. The molecule has 0 aromatic carbocycles. The first-order chi connectivity index (χ1) is 10.5. The summed E-state index contributed by atoms with van der Waals surface area (Å²) in [6.45, 7) is 9.13. The van der Waals surface area contributed by atoms with Crippen LogP contribution in [0.4, 0.5) is 0 Å². The fraction of sp³-hybridized carbons (Fsp3) is 0.812. The zero-order chi connectivity index (χ0) is 16.0. The molecule has 1 fully saturated rings. The molecule has 2 N–H and O–H groups in total. The molecular weight excluding hydrogens is 403 g/mol. The third-order valence-corrected chi connectivity index (χ3v) is 4.41. The van der Waals surface area contributed by atoms with Crippen molar-refractivity contribution in [3.8, 4) is 0 Å². The van der Waals surface area contributed by atoms with Crippen LogP contribution in [0.2, 0.25) is 0 Å². The van der Waals surface area contributed by atoms with Crippen LogP contribution in [0, 0.1) is 11.3 Å². The van der Waals surface area contributed by atoms with E-state index < -0.39 is 0 Å². The molecule has 0 radical (unpaired) electrons. The highest BCUT2D eigenvalue weighted by Gasteiger charge is 2.37. The van der Waals surface area contributed by atoms with Crippen molar-refractivity contribution in [2.75, 3.05) is 13.1 Å². The molecule has 7 heteroatoms. The first-order valence-corrected chi connectivity index (χ1v) is 8.40. The smallest absolute Gasteiger partial charge is 0.191 e. The van der Waals surface area contributed by atoms with E-state index in [1.54, 1.807) is 11.0 Å². The third kappa shape index (κ3) is 5.93. The van der Waals surface area contributed by atoms with Gasteiger partial charge in [0.1, 0.15) is 18.7 Å². The van der Waals surface area contributed by atoms with Gasteiger partial charge in [0.05, 0.1) is 0 Å². The molecule has 1 aromatic heterocycles. The fourth-order valence-corrected chi connectivity index (χ4v) is 3.22. The van der Waals surface area contributed by atoms with E-state index in [1.807, 2.05) is 7.05 Å². The molecule has 132 valence electrons. The zero-order valence-corrected chi connectivity index (χ0v) is 17.1. The summed E-state index contributed by atoms with van der Waals surface area (Å²) in [7, 11) is 1.89. The number of aliphatic imine (C=N–C) groups is 1. The number of hydrogen-bond donors (Lipinski definition) is 2. The highest BCUT2D eigenvalue weighted by atomic mass is 127. The molecule has 0 bridgehead atoms. The number of nitrogens with one attached hydrogen (secondary N) is 2. The monoisotopic (exact) mass is 434 g/mol. The number of hydrogen-bond acceptors (Lipinski definition) is 3. The van der Waals surface area contributed by atoms with Gasteiger partial charge in [-0.05, 0) is 37.5 Å². The van der Waals surface area contributed by atoms with Crippen molar-refractivity contribution in [2.45, 2.75) is 53.0 Å². The van der Waals surface area contributed by atoms with Crippen molar-refractivity contribution >= 4 is 29.9 Å². The summed E-state index contributed by atoms with van der Waals surface area (Å²) in [5, 5.41) is 10.9. The Morgan fingerprint density at radius 1 is 1.39 bits per heavy atom. The number of rotatable bonds is 7. The Bertz CT molecular complexity index is 493. The Morgan fingerprint density at radius 3 is 2.61 bits per heavy atom. The largest absolute Gasteiger partial charge is 0.357 e. The third-order valence-electron chi connectivity index (χ3n) is 4.41. The first-order valence-electron chi connectivity index (χ1n) is 8.40. The second-order valence-electron chi connectivity index (χ2n) is 6.80. The van der Waals surface area contributed by atoms with Crippen LogP contribution < -0.4 is 10.6 Å². The minimum Gasteiger partial charge on any atom is -0.357 e. The van der Waals surface area contributed by atoms with E-state index in [2.05, 4.69) is 46.5 Å². The molecule has 1 aliphatic rings. The molecule has 0 spiro atoms. The van der Waals surface area contributed by atoms with Gasteiger partial charge in [-0.3, -0.25) is 4.68 Å². The quantitative estimate of drug-likeness (QED) is 0.394. The maximum atomic E-state index is 4.63. The van der Waals surface area contributed by atoms with E-state index in [0.717, 1.165) is 30.8 Å². The second kappa shape index (κ2) is 9.44. The van der Waals surface area contributed by atoms with Crippen LogP contribution in [-0.4, -0.2) is 33.8 Å². The van der Waals surface area contributed by atoms with Gasteiger partial charge in [-0.2, -0.15) is 5.10 Å². The van der Waals surface area contributed by atoms with Gasteiger partial charge in [0.2, 0.25) is 0 Å². The molecule has 2 rings (SSSR count). The van der Waals surface area contributed by atoms with Crippen LogP contribution in [0.15, 0.2) is 11.3 Å². The van der Waals surface area contributed by atoms with Gasteiger partial charge in [-0.1, -0.05) is 20.3 Å². The van der Waals surface area contributed by atoms with Crippen molar-refractivity contribution in [1.82, 2.24) is 25.4 Å². The maximum absolute atomic E-state index is 4.63. The van der Waals surface area contributed by atoms with Crippen molar-refractivity contribution in [2.24, 2.45) is 23.4 Å². The van der Waals surface area contributed by atoms with E-state index in [1.165, 1.54) is 25.7 Å². The summed E-state index contributed by atoms with van der Waals surface area (Å²) in [5.74, 6) is 2.50. The standard InChI is InChI=1S/C16H30N6.HI/c1-5-17-15(18-10-14-20-12-21-22(14)4)19-11-16(7-6-8-16)9-13(2)3;/h12-13H,5-11H2,1-4H3,(H2,17,18,19);1H. The minimum atomic E-state index is 0. The van der Waals surface area contributed by atoms with E-state index in [4.69, 9.17) is 0 Å². The maximum Gasteiger partial charge on any atom is 0.191 e. The lowest BCUT2D eigenvalue weighted by Gasteiger charge is -2.43. The Hall–Kier alpha value is -0.860. The fourth-order valence-electron chi connectivity index (χ4n) is 3.22. The normalized spacial score (nSPS) is 16.7. The van der Waals surface area contributed by atoms with Crippen molar-refractivity contribution in [3.05, 3.63) is 12.2 Å². The highest BCUT2D eigenvalue weighted by Crippen LogP contribution is 2.45. The lowest BCUT2D eigenvalue weighted by Crippen LogP contribution is -2.47. The molecule has 1 aliphatic carbocycles. The summed E-state index contributed by atoms with van der Waals surface area (Å²) in [4.78, 5) is 8.84. The number of aromatic nitrogens is 3. The zero-order valence-electron chi connectivity index (χ0n) is 14.8. The molecule has 6 nitrogen and oxygen atoms in total. The van der Waals surface area contributed by atoms with E-state index in [0.29, 0.717) is 12.0 Å². The molecule has 0 atom stereocenters. The van der Waals surface area contributed by atoms with Crippen LogP contribution in [0.5, 0.6) is 0 Å². The lowest BCUT2D eigenvalue weighted by molar-refractivity contribution is 0.104. The van der Waals surface area contributed by atoms with Crippen LogP contribution in [0.25, 0.3) is 0 Å². The molecule has 1 saturated carbocycles. The molecule has 1 aromatic rings. The molecule has 1 heterocycles. The van der Waals surface area contributed by atoms with Crippen molar-refractivity contribution in [3.63, 3.8) is 0 Å². The van der Waals surface area contributed by atoms with Crippen LogP contribution >= 0.6 is 24.0 Å². The Balaban J connectivity index is 0.00000264. The lowest BCUT2D eigenvalue weighted by atomic mass is 9.64. The minimum absolute atomic E-state index is 0. The summed E-state index contributed by atoms with van der Waals surface area (Å²) in [6, 6.07) is 0. The highest BCUT2D eigenvalue weighted by molar-refractivity contribution is 14.0.